The average Bonchev–Trinajstić information content (AvgIpc) is 2.97. The van der Waals surface area contributed by atoms with Gasteiger partial charge in [0.2, 0.25) is 5.91 Å². The Kier molecular flexibility index (Phi) is 4.41. The highest BCUT2D eigenvalue weighted by Crippen LogP contribution is 2.37. The number of nitrogens with one attached hydrogen (secondary N) is 1. The van der Waals surface area contributed by atoms with E-state index in [1.165, 1.54) is 30.6 Å². The molecule has 0 radical (unpaired) electrons. The summed E-state index contributed by atoms with van der Waals surface area (Å²) in [7, 11) is 0. The number of amides is 1. The Morgan fingerprint density at radius 1 is 1.56 bits per heavy atom. The van der Waals surface area contributed by atoms with Crippen molar-refractivity contribution >= 4 is 33.2 Å². The number of hydrogen-bond donors (Lipinski definition) is 1. The van der Waals surface area contributed by atoms with Crippen molar-refractivity contribution in [1.29, 1.82) is 0 Å². The molecule has 1 atom stereocenters. The van der Waals surface area contributed by atoms with Crippen molar-refractivity contribution in [2.45, 2.75) is 31.7 Å². The molecule has 1 heterocycles. The summed E-state index contributed by atoms with van der Waals surface area (Å²) in [4.78, 5) is 12.8. The van der Waals surface area contributed by atoms with Crippen molar-refractivity contribution in [3.63, 3.8) is 0 Å². The van der Waals surface area contributed by atoms with Crippen LogP contribution in [0.25, 0.3) is 0 Å². The smallest absolute Gasteiger partial charge is 0.231 e. The Morgan fingerprint density at radius 2 is 2.31 bits per heavy atom. The third-order valence-electron chi connectivity index (χ3n) is 3.16. The zero-order valence-electron chi connectivity index (χ0n) is 9.12. The van der Waals surface area contributed by atoms with Crippen LogP contribution in [0, 0.1) is 5.92 Å². The highest BCUT2D eigenvalue weighted by molar-refractivity contribution is 9.09. The van der Waals surface area contributed by atoms with E-state index in [2.05, 4.69) is 38.8 Å². The Morgan fingerprint density at radius 3 is 2.88 bits per heavy atom. The van der Waals surface area contributed by atoms with Crippen LogP contribution in [-0.2, 0) is 4.79 Å². The second-order valence-corrected chi connectivity index (χ2v) is 5.78. The first-order valence-corrected chi connectivity index (χ1v) is 7.70. The molecule has 1 amide bonds. The number of hydrogen-bond acceptors (Lipinski definition) is 2. The molecule has 1 aliphatic rings. The molecule has 2 rings (SSSR count). The van der Waals surface area contributed by atoms with E-state index in [0.29, 0.717) is 11.2 Å². The molecule has 1 N–H and O–H groups in total. The molecule has 2 nitrogen and oxygen atoms in total. The minimum Gasteiger partial charge on any atom is -0.347 e. The van der Waals surface area contributed by atoms with Gasteiger partial charge >= 0.3 is 0 Å². The van der Waals surface area contributed by atoms with Crippen LogP contribution in [0.2, 0.25) is 0 Å². The minimum atomic E-state index is 0.0882. The number of carbonyl (C=O) groups is 1. The summed E-state index contributed by atoms with van der Waals surface area (Å²) in [6.45, 7) is 0. The van der Waals surface area contributed by atoms with E-state index in [-0.39, 0.29) is 11.9 Å². The SMILES string of the molecule is O=C(CBr)NC(c1cccs1)C1CCCC1. The fraction of sp³-hybridized carbons (Fsp3) is 0.583. The van der Waals surface area contributed by atoms with Gasteiger partial charge in [-0.15, -0.1) is 11.3 Å². The van der Waals surface area contributed by atoms with Crippen LogP contribution in [0.5, 0.6) is 0 Å². The summed E-state index contributed by atoms with van der Waals surface area (Å²) in [6.07, 6.45) is 5.09. The van der Waals surface area contributed by atoms with E-state index in [0.717, 1.165) is 0 Å². The van der Waals surface area contributed by atoms with Gasteiger partial charge in [-0.3, -0.25) is 4.79 Å². The lowest BCUT2D eigenvalue weighted by molar-refractivity contribution is -0.119. The standard InChI is InChI=1S/C12H16BrNOS/c13-8-11(15)14-12(9-4-1-2-5-9)10-6-3-7-16-10/h3,6-7,9,12H,1-2,4-5,8H2,(H,14,15). The van der Waals surface area contributed by atoms with E-state index >= 15 is 0 Å². The summed E-state index contributed by atoms with van der Waals surface area (Å²) in [6, 6.07) is 4.41. The molecular formula is C12H16BrNOS. The molecule has 1 aromatic heterocycles. The number of carbonyl (C=O) groups excluding carboxylic acids is 1. The number of thiophene rings is 1. The molecule has 0 spiro atoms. The number of alkyl halides is 1. The van der Waals surface area contributed by atoms with Crippen LogP contribution in [0.4, 0.5) is 0 Å². The van der Waals surface area contributed by atoms with Crippen molar-refractivity contribution in [3.05, 3.63) is 22.4 Å². The van der Waals surface area contributed by atoms with E-state index in [1.54, 1.807) is 11.3 Å². The Hall–Kier alpha value is -0.350. The van der Waals surface area contributed by atoms with Gasteiger partial charge in [0.15, 0.2) is 0 Å². The molecule has 0 saturated heterocycles. The Balaban J connectivity index is 2.09. The third-order valence-corrected chi connectivity index (χ3v) is 4.62. The van der Waals surface area contributed by atoms with Crippen molar-refractivity contribution in [1.82, 2.24) is 5.32 Å². The van der Waals surface area contributed by atoms with Crippen molar-refractivity contribution < 1.29 is 4.79 Å². The van der Waals surface area contributed by atoms with Gasteiger partial charge < -0.3 is 5.32 Å². The lowest BCUT2D eigenvalue weighted by Crippen LogP contribution is -2.32. The van der Waals surface area contributed by atoms with Gasteiger partial charge in [0.25, 0.3) is 0 Å². The highest BCUT2D eigenvalue weighted by atomic mass is 79.9. The molecule has 0 aromatic carbocycles. The zero-order chi connectivity index (χ0) is 11.4. The number of halogens is 1. The molecule has 88 valence electrons. The lowest BCUT2D eigenvalue weighted by Gasteiger charge is -2.23. The van der Waals surface area contributed by atoms with Gasteiger partial charge in [0.1, 0.15) is 0 Å². The fourth-order valence-electron chi connectivity index (χ4n) is 2.39. The highest BCUT2D eigenvalue weighted by Gasteiger charge is 2.27. The van der Waals surface area contributed by atoms with Gasteiger partial charge in [-0.05, 0) is 30.2 Å². The predicted octanol–water partition coefficient (Wildman–Crippen LogP) is 3.49. The lowest BCUT2D eigenvalue weighted by atomic mass is 9.97. The molecule has 1 unspecified atom stereocenters. The normalized spacial score (nSPS) is 18.6. The van der Waals surface area contributed by atoms with Crippen LogP contribution in [0.15, 0.2) is 17.5 Å². The minimum absolute atomic E-state index is 0.0882. The topological polar surface area (TPSA) is 29.1 Å². The Labute approximate surface area is 109 Å². The van der Waals surface area contributed by atoms with E-state index < -0.39 is 0 Å². The number of rotatable bonds is 4. The zero-order valence-corrected chi connectivity index (χ0v) is 11.5. The maximum Gasteiger partial charge on any atom is 0.231 e. The van der Waals surface area contributed by atoms with Gasteiger partial charge in [-0.1, -0.05) is 34.8 Å². The molecule has 0 bridgehead atoms. The molecule has 1 aliphatic carbocycles. The first-order chi connectivity index (χ1) is 7.81. The predicted molar refractivity (Wildman–Crippen MR) is 71.0 cm³/mol. The molecule has 1 aromatic rings. The van der Waals surface area contributed by atoms with Crippen LogP contribution in [-0.4, -0.2) is 11.2 Å². The second-order valence-electron chi connectivity index (χ2n) is 4.24. The maximum atomic E-state index is 11.5. The largest absolute Gasteiger partial charge is 0.347 e. The molecule has 1 saturated carbocycles. The van der Waals surface area contributed by atoms with Crippen LogP contribution < -0.4 is 5.32 Å². The van der Waals surface area contributed by atoms with E-state index in [1.807, 2.05) is 0 Å². The first kappa shape index (κ1) is 12.1. The monoisotopic (exact) mass is 301 g/mol. The first-order valence-electron chi connectivity index (χ1n) is 5.70. The summed E-state index contributed by atoms with van der Waals surface area (Å²) in [5.74, 6) is 0.715. The van der Waals surface area contributed by atoms with Crippen LogP contribution >= 0.6 is 27.3 Å². The molecule has 16 heavy (non-hydrogen) atoms. The van der Waals surface area contributed by atoms with Crippen molar-refractivity contribution in [2.24, 2.45) is 5.92 Å². The molecule has 4 heteroatoms. The second kappa shape index (κ2) is 5.82. The summed E-state index contributed by atoms with van der Waals surface area (Å²) in [5.41, 5.74) is 0. The average molecular weight is 302 g/mol. The van der Waals surface area contributed by atoms with Crippen LogP contribution in [0.3, 0.4) is 0 Å². The van der Waals surface area contributed by atoms with Gasteiger partial charge in [0, 0.05) is 4.88 Å². The molecule has 0 aliphatic heterocycles. The van der Waals surface area contributed by atoms with E-state index in [4.69, 9.17) is 0 Å². The third kappa shape index (κ3) is 2.86. The maximum absolute atomic E-state index is 11.5. The van der Waals surface area contributed by atoms with E-state index in [9.17, 15) is 4.79 Å². The quantitative estimate of drug-likeness (QED) is 0.848. The fourth-order valence-corrected chi connectivity index (χ4v) is 3.42. The molecular weight excluding hydrogens is 286 g/mol. The van der Waals surface area contributed by atoms with Gasteiger partial charge in [0.05, 0.1) is 11.4 Å². The van der Waals surface area contributed by atoms with Crippen molar-refractivity contribution in [3.8, 4) is 0 Å². The van der Waals surface area contributed by atoms with Crippen molar-refractivity contribution in [2.75, 3.05) is 5.33 Å². The Bertz CT molecular complexity index is 333. The van der Waals surface area contributed by atoms with Crippen LogP contribution in [0.1, 0.15) is 36.6 Å². The van der Waals surface area contributed by atoms with Gasteiger partial charge in [-0.25, -0.2) is 0 Å². The summed E-state index contributed by atoms with van der Waals surface area (Å²) in [5, 5.41) is 5.61. The summed E-state index contributed by atoms with van der Waals surface area (Å²) >= 11 is 4.95. The van der Waals surface area contributed by atoms with Gasteiger partial charge in [-0.2, -0.15) is 0 Å². The summed E-state index contributed by atoms with van der Waals surface area (Å²) < 4.78 is 0. The molecule has 1 fully saturated rings.